The largest absolute Gasteiger partial charge is 0.548 e. The van der Waals surface area contributed by atoms with E-state index in [1.165, 1.54) is 11.5 Å². The highest BCUT2D eigenvalue weighted by Crippen LogP contribution is 2.24. The van der Waals surface area contributed by atoms with Crippen molar-refractivity contribution in [2.45, 2.75) is 65.0 Å². The molecular weight excluding hydrogens is 256 g/mol. The summed E-state index contributed by atoms with van der Waals surface area (Å²) in [5, 5.41) is 0. The fourth-order valence-corrected chi connectivity index (χ4v) is 3.88. The van der Waals surface area contributed by atoms with Crippen molar-refractivity contribution in [3.63, 3.8) is 0 Å². The molecule has 0 aromatic heterocycles. The van der Waals surface area contributed by atoms with Gasteiger partial charge in [-0.3, -0.25) is 0 Å². The first-order valence-corrected chi connectivity index (χ1v) is 13.7. The van der Waals surface area contributed by atoms with Crippen LogP contribution in [0.2, 0.25) is 39.3 Å². The van der Waals surface area contributed by atoms with Crippen LogP contribution in [0.4, 0.5) is 0 Å². The molecule has 1 aliphatic carbocycles. The molecule has 0 amide bonds. The number of allylic oxidation sites excluding steroid dienone is 4. The standard InChI is InChI=1S/C14H28O2Si2/c1-17(2,3)15-13-9-7-11-14(12-8-10-13)16-18(4,5)6/h9,11H,7-8,10,12H2,1-6H3/b13-9+,14-11+. The van der Waals surface area contributed by atoms with E-state index in [9.17, 15) is 0 Å². The van der Waals surface area contributed by atoms with Gasteiger partial charge in [-0.15, -0.1) is 0 Å². The summed E-state index contributed by atoms with van der Waals surface area (Å²) in [6.07, 6.45) is 8.63. The molecule has 0 aromatic carbocycles. The van der Waals surface area contributed by atoms with E-state index < -0.39 is 16.6 Å². The lowest BCUT2D eigenvalue weighted by Crippen LogP contribution is -2.26. The minimum absolute atomic E-state index is 0.944. The average Bonchev–Trinajstić information content (AvgIpc) is 2.08. The fraction of sp³-hybridized carbons (Fsp3) is 0.714. The van der Waals surface area contributed by atoms with E-state index in [1.807, 2.05) is 0 Å². The van der Waals surface area contributed by atoms with Crippen LogP contribution in [0.1, 0.15) is 25.7 Å². The van der Waals surface area contributed by atoms with Gasteiger partial charge in [0.1, 0.15) is 0 Å². The van der Waals surface area contributed by atoms with Crippen LogP contribution < -0.4 is 0 Å². The monoisotopic (exact) mass is 284 g/mol. The van der Waals surface area contributed by atoms with Gasteiger partial charge in [0.15, 0.2) is 0 Å². The van der Waals surface area contributed by atoms with Crippen LogP contribution in [-0.2, 0) is 8.85 Å². The summed E-state index contributed by atoms with van der Waals surface area (Å²) in [5.41, 5.74) is 0. The minimum Gasteiger partial charge on any atom is -0.548 e. The third kappa shape index (κ3) is 7.06. The third-order valence-corrected chi connectivity index (χ3v) is 4.16. The molecule has 4 heteroatoms. The molecule has 104 valence electrons. The Morgan fingerprint density at radius 2 is 1.17 bits per heavy atom. The molecule has 0 bridgehead atoms. The molecule has 0 fully saturated rings. The predicted molar refractivity (Wildman–Crippen MR) is 83.5 cm³/mol. The van der Waals surface area contributed by atoms with Crippen LogP contribution in [0, 0.1) is 0 Å². The van der Waals surface area contributed by atoms with E-state index in [4.69, 9.17) is 8.85 Å². The van der Waals surface area contributed by atoms with Crippen molar-refractivity contribution >= 4 is 16.6 Å². The molecule has 0 N–H and O–H groups in total. The van der Waals surface area contributed by atoms with Crippen LogP contribution in [0.5, 0.6) is 0 Å². The molecule has 0 spiro atoms. The lowest BCUT2D eigenvalue weighted by Gasteiger charge is -2.25. The van der Waals surface area contributed by atoms with E-state index in [-0.39, 0.29) is 0 Å². The quantitative estimate of drug-likeness (QED) is 0.674. The number of hydrogen-bond acceptors (Lipinski definition) is 2. The second-order valence-electron chi connectivity index (χ2n) is 6.86. The first kappa shape index (κ1) is 15.6. The Balaban J connectivity index is 2.60. The topological polar surface area (TPSA) is 18.5 Å². The molecule has 0 aliphatic heterocycles. The van der Waals surface area contributed by atoms with Gasteiger partial charge < -0.3 is 8.85 Å². The highest BCUT2D eigenvalue weighted by atomic mass is 28.4. The van der Waals surface area contributed by atoms with Crippen molar-refractivity contribution in [2.24, 2.45) is 0 Å². The Morgan fingerprint density at radius 3 is 1.50 bits per heavy atom. The summed E-state index contributed by atoms with van der Waals surface area (Å²) >= 11 is 0. The summed E-state index contributed by atoms with van der Waals surface area (Å²) in [7, 11) is -2.90. The highest BCUT2D eigenvalue weighted by molar-refractivity contribution is 6.70. The summed E-state index contributed by atoms with van der Waals surface area (Å²) in [6, 6.07) is 0. The van der Waals surface area contributed by atoms with Crippen molar-refractivity contribution in [3.05, 3.63) is 23.7 Å². The molecule has 18 heavy (non-hydrogen) atoms. The summed E-state index contributed by atoms with van der Waals surface area (Å²) in [4.78, 5) is 0. The van der Waals surface area contributed by atoms with Gasteiger partial charge in [0, 0.05) is 12.8 Å². The number of hydrogen-bond donors (Lipinski definition) is 0. The zero-order chi connectivity index (χ0) is 13.8. The average molecular weight is 285 g/mol. The van der Waals surface area contributed by atoms with Crippen molar-refractivity contribution in [1.29, 1.82) is 0 Å². The summed E-state index contributed by atoms with van der Waals surface area (Å²) in [5.74, 6) is 2.38. The first-order chi connectivity index (χ1) is 8.16. The molecule has 0 aromatic rings. The van der Waals surface area contributed by atoms with Gasteiger partial charge in [-0.25, -0.2) is 0 Å². The molecule has 2 nitrogen and oxygen atoms in total. The van der Waals surface area contributed by atoms with Gasteiger partial charge in [0.2, 0.25) is 16.6 Å². The van der Waals surface area contributed by atoms with Gasteiger partial charge in [-0.2, -0.15) is 0 Å². The van der Waals surface area contributed by atoms with Crippen molar-refractivity contribution in [1.82, 2.24) is 0 Å². The molecule has 0 heterocycles. The molecule has 0 atom stereocenters. The van der Waals surface area contributed by atoms with E-state index >= 15 is 0 Å². The normalized spacial score (nSPS) is 24.1. The van der Waals surface area contributed by atoms with Crippen LogP contribution >= 0.6 is 0 Å². The SMILES string of the molecule is C[Si](C)(C)O/C1=C/C/C=C(/O[Si](C)(C)C)CCC1. The van der Waals surface area contributed by atoms with Gasteiger partial charge in [0.25, 0.3) is 0 Å². The smallest absolute Gasteiger partial charge is 0.241 e. The maximum atomic E-state index is 6.09. The third-order valence-electron chi connectivity index (χ3n) is 2.41. The van der Waals surface area contributed by atoms with Crippen molar-refractivity contribution < 1.29 is 8.85 Å². The van der Waals surface area contributed by atoms with Gasteiger partial charge >= 0.3 is 0 Å². The van der Waals surface area contributed by atoms with Gasteiger partial charge in [-0.1, -0.05) is 0 Å². The summed E-state index contributed by atoms with van der Waals surface area (Å²) in [6.45, 7) is 13.4. The highest BCUT2D eigenvalue weighted by Gasteiger charge is 2.20. The molecule has 1 rings (SSSR count). The maximum absolute atomic E-state index is 6.09. The van der Waals surface area contributed by atoms with E-state index in [2.05, 4.69) is 51.4 Å². The summed E-state index contributed by atoms with van der Waals surface area (Å²) < 4.78 is 12.2. The molecule has 0 saturated carbocycles. The molecule has 0 saturated heterocycles. The Morgan fingerprint density at radius 1 is 0.778 bits per heavy atom. The van der Waals surface area contributed by atoms with Crippen LogP contribution in [0.25, 0.3) is 0 Å². The lowest BCUT2D eigenvalue weighted by atomic mass is 10.1. The minimum atomic E-state index is -1.45. The van der Waals surface area contributed by atoms with Gasteiger partial charge in [0.05, 0.1) is 11.5 Å². The molecule has 0 radical (unpaired) electrons. The molecule has 1 aliphatic rings. The Bertz CT molecular complexity index is 301. The second kappa shape index (κ2) is 6.11. The molecular formula is C14H28O2Si2. The second-order valence-corrected chi connectivity index (χ2v) is 15.7. The van der Waals surface area contributed by atoms with Crippen molar-refractivity contribution in [2.75, 3.05) is 0 Å². The zero-order valence-corrected chi connectivity index (χ0v) is 14.8. The Labute approximate surface area is 114 Å². The van der Waals surface area contributed by atoms with E-state index in [0.29, 0.717) is 0 Å². The Hall–Kier alpha value is -0.486. The zero-order valence-electron chi connectivity index (χ0n) is 12.8. The maximum Gasteiger partial charge on any atom is 0.241 e. The lowest BCUT2D eigenvalue weighted by molar-refractivity contribution is 0.365. The van der Waals surface area contributed by atoms with Crippen molar-refractivity contribution in [3.8, 4) is 0 Å². The first-order valence-electron chi connectivity index (χ1n) is 6.92. The van der Waals surface area contributed by atoms with Crippen LogP contribution in [0.15, 0.2) is 23.7 Å². The van der Waals surface area contributed by atoms with E-state index in [0.717, 1.165) is 25.7 Å². The van der Waals surface area contributed by atoms with E-state index in [1.54, 1.807) is 0 Å². The van der Waals surface area contributed by atoms with Crippen LogP contribution in [-0.4, -0.2) is 16.6 Å². The predicted octanol–water partition coefficient (Wildman–Crippen LogP) is 5.03. The number of rotatable bonds is 4. The van der Waals surface area contributed by atoms with Crippen LogP contribution in [0.3, 0.4) is 0 Å². The Kier molecular flexibility index (Phi) is 5.28. The fourth-order valence-electron chi connectivity index (χ4n) is 1.93. The van der Waals surface area contributed by atoms with Gasteiger partial charge in [-0.05, 0) is 64.3 Å². The molecule has 0 unspecified atom stereocenters.